The third kappa shape index (κ3) is 5.98. The van der Waals surface area contributed by atoms with Gasteiger partial charge in [-0.15, -0.1) is 11.3 Å². The van der Waals surface area contributed by atoms with Gasteiger partial charge < -0.3 is 9.47 Å². The van der Waals surface area contributed by atoms with Gasteiger partial charge in [-0.05, 0) is 37.6 Å². The van der Waals surface area contributed by atoms with Gasteiger partial charge >= 0.3 is 5.97 Å². The summed E-state index contributed by atoms with van der Waals surface area (Å²) in [6, 6.07) is 6.00. The van der Waals surface area contributed by atoms with E-state index in [9.17, 15) is 13.2 Å². The highest BCUT2D eigenvalue weighted by molar-refractivity contribution is 7.89. The fourth-order valence-corrected chi connectivity index (χ4v) is 4.69. The number of hydrogen-bond donors (Lipinski definition) is 0. The van der Waals surface area contributed by atoms with Crippen LogP contribution in [0, 0.1) is 0 Å². The molecule has 0 saturated heterocycles. The van der Waals surface area contributed by atoms with Crippen LogP contribution in [0.5, 0.6) is 0 Å². The second-order valence-corrected chi connectivity index (χ2v) is 8.78. The Morgan fingerprint density at radius 3 is 2.63 bits per heavy atom. The first-order valence-corrected chi connectivity index (χ1v) is 10.9. The summed E-state index contributed by atoms with van der Waals surface area (Å²) in [5, 5.41) is 2.51. The lowest BCUT2D eigenvalue weighted by Crippen LogP contribution is -2.32. The molecule has 1 heterocycles. The number of methoxy groups -OCH3 is 1. The minimum atomic E-state index is -3.75. The van der Waals surface area contributed by atoms with Gasteiger partial charge in [0.1, 0.15) is 5.01 Å². The van der Waals surface area contributed by atoms with E-state index in [1.54, 1.807) is 5.38 Å². The zero-order valence-corrected chi connectivity index (χ0v) is 17.4. The van der Waals surface area contributed by atoms with Crippen molar-refractivity contribution in [2.75, 3.05) is 26.9 Å². The number of esters is 1. The molecule has 0 atom stereocenters. The number of thiazole rings is 1. The van der Waals surface area contributed by atoms with Crippen LogP contribution in [-0.4, -0.2) is 50.5 Å². The molecule has 0 fully saturated rings. The van der Waals surface area contributed by atoms with Crippen LogP contribution in [0.2, 0.25) is 5.02 Å². The van der Waals surface area contributed by atoms with E-state index in [0.717, 1.165) is 0 Å². The molecule has 2 rings (SSSR count). The van der Waals surface area contributed by atoms with E-state index in [1.807, 2.05) is 6.92 Å². The van der Waals surface area contributed by atoms with Crippen molar-refractivity contribution < 1.29 is 22.7 Å². The van der Waals surface area contributed by atoms with Crippen LogP contribution in [0.15, 0.2) is 34.5 Å². The van der Waals surface area contributed by atoms with Crippen LogP contribution in [0.25, 0.3) is 0 Å². The van der Waals surface area contributed by atoms with Gasteiger partial charge in [0.25, 0.3) is 0 Å². The summed E-state index contributed by atoms with van der Waals surface area (Å²) in [6.45, 7) is 3.22. The molecular weight excluding hydrogens is 412 g/mol. The Morgan fingerprint density at radius 1 is 1.30 bits per heavy atom. The molecule has 0 spiro atoms. The Hall–Kier alpha value is -1.52. The molecule has 27 heavy (non-hydrogen) atoms. The van der Waals surface area contributed by atoms with Crippen molar-refractivity contribution in [1.82, 2.24) is 9.29 Å². The summed E-state index contributed by atoms with van der Waals surface area (Å²) in [5.74, 6) is -0.555. The van der Waals surface area contributed by atoms with Crippen molar-refractivity contribution in [1.29, 1.82) is 0 Å². The third-order valence-electron chi connectivity index (χ3n) is 3.61. The van der Waals surface area contributed by atoms with Gasteiger partial charge in [-0.25, -0.2) is 18.2 Å². The number of ether oxygens (including phenoxy) is 2. The lowest BCUT2D eigenvalue weighted by molar-refractivity contribution is 0.0594. The van der Waals surface area contributed by atoms with Gasteiger partial charge in [0.2, 0.25) is 10.0 Å². The first-order chi connectivity index (χ1) is 12.9. The SMILES string of the molecule is CCOCCCN(Cc1nc(C(=O)OC)cs1)S(=O)(=O)c1ccc(Cl)cc1. The number of benzene rings is 1. The van der Waals surface area contributed by atoms with Crippen LogP contribution < -0.4 is 0 Å². The van der Waals surface area contributed by atoms with Gasteiger partial charge in [0.15, 0.2) is 5.69 Å². The molecule has 0 unspecified atom stereocenters. The lowest BCUT2D eigenvalue weighted by Gasteiger charge is -2.21. The Morgan fingerprint density at radius 2 is 2.00 bits per heavy atom. The predicted octanol–water partition coefficient (Wildman–Crippen LogP) is 3.20. The molecule has 0 bridgehead atoms. The molecule has 0 aliphatic rings. The van der Waals surface area contributed by atoms with Gasteiger partial charge in [-0.3, -0.25) is 0 Å². The van der Waals surface area contributed by atoms with Crippen LogP contribution in [0.3, 0.4) is 0 Å². The van der Waals surface area contributed by atoms with Gasteiger partial charge in [0.05, 0.1) is 18.6 Å². The van der Waals surface area contributed by atoms with Crippen LogP contribution in [-0.2, 0) is 26.0 Å². The molecule has 10 heteroatoms. The average Bonchev–Trinajstić information content (AvgIpc) is 3.12. The van der Waals surface area contributed by atoms with Crippen LogP contribution in [0.4, 0.5) is 0 Å². The summed E-state index contributed by atoms with van der Waals surface area (Å²) >= 11 is 7.07. The summed E-state index contributed by atoms with van der Waals surface area (Å²) in [7, 11) is -2.48. The average molecular weight is 433 g/mol. The molecule has 7 nitrogen and oxygen atoms in total. The minimum Gasteiger partial charge on any atom is -0.464 e. The molecule has 2 aromatic rings. The fourth-order valence-electron chi connectivity index (χ4n) is 2.26. The van der Waals surface area contributed by atoms with E-state index in [-0.39, 0.29) is 23.7 Å². The molecule has 148 valence electrons. The van der Waals surface area contributed by atoms with Crippen molar-refractivity contribution in [3.8, 4) is 0 Å². The normalized spacial score (nSPS) is 11.7. The van der Waals surface area contributed by atoms with E-state index in [0.29, 0.717) is 29.7 Å². The molecule has 0 aliphatic heterocycles. The number of rotatable bonds is 10. The first kappa shape index (κ1) is 21.8. The van der Waals surface area contributed by atoms with Crippen molar-refractivity contribution in [3.05, 3.63) is 45.4 Å². The minimum absolute atomic E-state index is 0.0543. The molecule has 0 aliphatic carbocycles. The Bertz CT molecular complexity index is 852. The van der Waals surface area contributed by atoms with Gasteiger partial charge in [-0.2, -0.15) is 4.31 Å². The number of aromatic nitrogens is 1. The van der Waals surface area contributed by atoms with E-state index < -0.39 is 16.0 Å². The quantitative estimate of drug-likeness (QED) is 0.423. The Kier molecular flexibility index (Phi) is 8.18. The summed E-state index contributed by atoms with van der Waals surface area (Å²) in [6.07, 6.45) is 0.538. The van der Waals surface area contributed by atoms with Crippen molar-refractivity contribution in [2.45, 2.75) is 24.8 Å². The molecule has 1 aromatic carbocycles. The number of nitrogens with zero attached hydrogens (tertiary/aromatic N) is 2. The maximum atomic E-state index is 13.0. The van der Waals surface area contributed by atoms with E-state index in [2.05, 4.69) is 9.72 Å². The van der Waals surface area contributed by atoms with E-state index in [1.165, 1.54) is 47.0 Å². The van der Waals surface area contributed by atoms with Gasteiger partial charge in [-0.1, -0.05) is 11.6 Å². The van der Waals surface area contributed by atoms with Crippen LogP contribution in [0.1, 0.15) is 28.8 Å². The molecule has 1 aromatic heterocycles. The second kappa shape index (κ2) is 10.1. The topological polar surface area (TPSA) is 85.8 Å². The van der Waals surface area contributed by atoms with Gasteiger partial charge in [0, 0.05) is 30.2 Å². The smallest absolute Gasteiger partial charge is 0.357 e. The third-order valence-corrected chi connectivity index (χ3v) is 6.55. The molecule has 0 N–H and O–H groups in total. The maximum absolute atomic E-state index is 13.0. The summed E-state index contributed by atoms with van der Waals surface area (Å²) in [5.41, 5.74) is 0.163. The largest absolute Gasteiger partial charge is 0.464 e. The number of hydrogen-bond acceptors (Lipinski definition) is 7. The molecular formula is C17H21ClN2O5S2. The van der Waals surface area contributed by atoms with Crippen molar-refractivity contribution in [2.24, 2.45) is 0 Å². The van der Waals surface area contributed by atoms with Crippen molar-refractivity contribution in [3.63, 3.8) is 0 Å². The standard InChI is InChI=1S/C17H21ClN2O5S2/c1-3-25-10-4-9-20(11-16-19-15(12-26-16)17(21)24-2)27(22,23)14-7-5-13(18)6-8-14/h5-8,12H,3-4,9-11H2,1-2H3. The zero-order valence-electron chi connectivity index (χ0n) is 15.1. The Balaban J connectivity index is 2.23. The number of carbonyl (C=O) groups excluding carboxylic acids is 1. The van der Waals surface area contributed by atoms with Crippen molar-refractivity contribution >= 4 is 38.9 Å². The monoisotopic (exact) mass is 432 g/mol. The molecule has 0 saturated carbocycles. The highest BCUT2D eigenvalue weighted by Crippen LogP contribution is 2.22. The maximum Gasteiger partial charge on any atom is 0.357 e. The highest BCUT2D eigenvalue weighted by Gasteiger charge is 2.26. The van der Waals surface area contributed by atoms with E-state index >= 15 is 0 Å². The number of halogens is 1. The fraction of sp³-hybridized carbons (Fsp3) is 0.412. The van der Waals surface area contributed by atoms with E-state index in [4.69, 9.17) is 16.3 Å². The summed E-state index contributed by atoms with van der Waals surface area (Å²) in [4.78, 5) is 15.9. The summed E-state index contributed by atoms with van der Waals surface area (Å²) < 4.78 is 37.3. The lowest BCUT2D eigenvalue weighted by atomic mass is 10.4. The second-order valence-electron chi connectivity index (χ2n) is 5.46. The predicted molar refractivity (Wildman–Crippen MR) is 104 cm³/mol. The molecule has 0 amide bonds. The zero-order chi connectivity index (χ0) is 19.9. The first-order valence-electron chi connectivity index (χ1n) is 8.24. The Labute approximate surface area is 167 Å². The number of sulfonamides is 1. The highest BCUT2D eigenvalue weighted by atomic mass is 35.5. The number of carbonyl (C=O) groups is 1. The van der Waals surface area contributed by atoms with Crippen LogP contribution >= 0.6 is 22.9 Å². The molecule has 0 radical (unpaired) electrons.